The summed E-state index contributed by atoms with van der Waals surface area (Å²) < 4.78 is 5.08. The maximum atomic E-state index is 10.3. The second-order valence-corrected chi connectivity index (χ2v) is 2.78. The highest BCUT2D eigenvalue weighted by molar-refractivity contribution is 5.68. The van der Waals surface area contributed by atoms with Gasteiger partial charge in [0.15, 0.2) is 0 Å². The predicted octanol–water partition coefficient (Wildman–Crippen LogP) is -0.106. The van der Waals surface area contributed by atoms with Crippen LogP contribution in [0.5, 0.6) is 0 Å². The molecule has 1 heterocycles. The normalized spacial score (nSPS) is 10.7. The molecule has 0 aliphatic heterocycles. The van der Waals surface area contributed by atoms with Gasteiger partial charge >= 0.3 is 5.97 Å². The monoisotopic (exact) mass is 185 g/mol. The molecule has 0 bridgehead atoms. The summed E-state index contributed by atoms with van der Waals surface area (Å²) in [5.41, 5.74) is 0. The maximum absolute atomic E-state index is 10.3. The Labute approximate surface area is 75.2 Å². The van der Waals surface area contributed by atoms with E-state index in [1.54, 1.807) is 18.9 Å². The fraction of sp³-hybridized carbons (Fsp3) is 0.571. The van der Waals surface area contributed by atoms with Gasteiger partial charge in [0, 0.05) is 6.92 Å². The molecule has 6 heteroatoms. The van der Waals surface area contributed by atoms with Crippen molar-refractivity contribution >= 4 is 5.97 Å². The fourth-order valence-corrected chi connectivity index (χ4v) is 0.919. The summed E-state index contributed by atoms with van der Waals surface area (Å²) in [4.78, 5) is 11.9. The number of carboxylic acids is 1. The molecule has 72 valence electrons. The summed E-state index contributed by atoms with van der Waals surface area (Å²) in [6.07, 6.45) is 0. The quantitative estimate of drug-likeness (QED) is 0.705. The third kappa shape index (κ3) is 3.20. The van der Waals surface area contributed by atoms with Crippen LogP contribution < -0.4 is 0 Å². The van der Waals surface area contributed by atoms with Gasteiger partial charge in [-0.1, -0.05) is 0 Å². The van der Waals surface area contributed by atoms with Gasteiger partial charge in [0.25, 0.3) is 0 Å². The van der Waals surface area contributed by atoms with Gasteiger partial charge in [-0.15, -0.1) is 10.2 Å². The molecular formula is C7H11N3O3. The summed E-state index contributed by atoms with van der Waals surface area (Å²) in [6.45, 7) is 2.00. The Kier molecular flexibility index (Phi) is 2.97. The van der Waals surface area contributed by atoms with E-state index in [0.717, 1.165) is 0 Å². The average Bonchev–Trinajstić information content (AvgIpc) is 2.33. The zero-order valence-corrected chi connectivity index (χ0v) is 7.52. The Morgan fingerprint density at radius 3 is 2.77 bits per heavy atom. The second-order valence-electron chi connectivity index (χ2n) is 2.78. The molecule has 1 rings (SSSR count). The van der Waals surface area contributed by atoms with Crippen molar-refractivity contribution in [1.82, 2.24) is 15.1 Å². The van der Waals surface area contributed by atoms with Crippen LogP contribution in [0, 0.1) is 6.92 Å². The summed E-state index contributed by atoms with van der Waals surface area (Å²) in [5.74, 6) is 0.0405. The van der Waals surface area contributed by atoms with E-state index in [4.69, 9.17) is 9.52 Å². The van der Waals surface area contributed by atoms with Crippen molar-refractivity contribution in [3.8, 4) is 0 Å². The van der Waals surface area contributed by atoms with Crippen LogP contribution in [0.3, 0.4) is 0 Å². The SMILES string of the molecule is Cc1nnc(CN(C)CC(=O)O)o1. The number of hydrogen-bond donors (Lipinski definition) is 1. The zero-order chi connectivity index (χ0) is 9.84. The van der Waals surface area contributed by atoms with Crippen LogP contribution in [0.15, 0.2) is 4.42 Å². The number of aliphatic carboxylic acids is 1. The van der Waals surface area contributed by atoms with Crippen molar-refractivity contribution in [3.63, 3.8) is 0 Å². The predicted molar refractivity (Wildman–Crippen MR) is 43.0 cm³/mol. The van der Waals surface area contributed by atoms with Crippen LogP contribution >= 0.6 is 0 Å². The molecule has 0 radical (unpaired) electrons. The summed E-state index contributed by atoms with van der Waals surface area (Å²) in [5, 5.41) is 15.8. The van der Waals surface area contributed by atoms with E-state index in [1.807, 2.05) is 0 Å². The van der Waals surface area contributed by atoms with E-state index in [2.05, 4.69) is 10.2 Å². The molecule has 0 saturated carbocycles. The molecule has 0 unspecified atom stereocenters. The van der Waals surface area contributed by atoms with E-state index >= 15 is 0 Å². The van der Waals surface area contributed by atoms with E-state index in [-0.39, 0.29) is 6.54 Å². The van der Waals surface area contributed by atoms with Crippen LogP contribution in [0.25, 0.3) is 0 Å². The molecule has 1 aromatic rings. The van der Waals surface area contributed by atoms with Gasteiger partial charge in [0.2, 0.25) is 11.8 Å². The van der Waals surface area contributed by atoms with Crippen LogP contribution in [0.1, 0.15) is 11.8 Å². The lowest BCUT2D eigenvalue weighted by Crippen LogP contribution is -2.25. The average molecular weight is 185 g/mol. The molecule has 0 atom stereocenters. The molecule has 0 fully saturated rings. The first kappa shape index (κ1) is 9.66. The molecule has 0 aromatic carbocycles. The minimum Gasteiger partial charge on any atom is -0.480 e. The second kappa shape index (κ2) is 3.99. The number of carbonyl (C=O) groups is 1. The van der Waals surface area contributed by atoms with E-state index in [1.165, 1.54) is 0 Å². The van der Waals surface area contributed by atoms with Crippen LogP contribution in [0.2, 0.25) is 0 Å². The first-order chi connectivity index (χ1) is 6.08. The van der Waals surface area contributed by atoms with Crippen molar-refractivity contribution in [3.05, 3.63) is 11.8 Å². The summed E-state index contributed by atoms with van der Waals surface area (Å²) >= 11 is 0. The Morgan fingerprint density at radius 1 is 1.62 bits per heavy atom. The van der Waals surface area contributed by atoms with Gasteiger partial charge < -0.3 is 9.52 Å². The van der Waals surface area contributed by atoms with Crippen molar-refractivity contribution in [2.45, 2.75) is 13.5 Å². The molecule has 6 nitrogen and oxygen atoms in total. The van der Waals surface area contributed by atoms with Gasteiger partial charge in [-0.25, -0.2) is 0 Å². The molecule has 0 saturated heterocycles. The molecular weight excluding hydrogens is 174 g/mol. The largest absolute Gasteiger partial charge is 0.480 e. The number of hydrogen-bond acceptors (Lipinski definition) is 5. The smallest absolute Gasteiger partial charge is 0.317 e. The van der Waals surface area contributed by atoms with Gasteiger partial charge in [0.1, 0.15) is 0 Å². The first-order valence-corrected chi connectivity index (χ1v) is 3.77. The van der Waals surface area contributed by atoms with Crippen molar-refractivity contribution in [1.29, 1.82) is 0 Å². The number of aromatic nitrogens is 2. The van der Waals surface area contributed by atoms with Crippen LogP contribution in [-0.2, 0) is 11.3 Å². The Morgan fingerprint density at radius 2 is 2.31 bits per heavy atom. The highest BCUT2D eigenvalue weighted by atomic mass is 16.4. The molecule has 0 amide bonds. The Hall–Kier alpha value is -1.43. The standard InChI is InChI=1S/C7H11N3O3/c1-5-8-9-6(13-5)3-10(2)4-7(11)12/h3-4H2,1-2H3,(H,11,12). The molecule has 0 aliphatic rings. The van der Waals surface area contributed by atoms with Crippen molar-refractivity contribution in [2.24, 2.45) is 0 Å². The minimum absolute atomic E-state index is 0.0403. The molecule has 1 N–H and O–H groups in total. The van der Waals surface area contributed by atoms with Crippen molar-refractivity contribution in [2.75, 3.05) is 13.6 Å². The fourth-order valence-electron chi connectivity index (χ4n) is 0.919. The van der Waals surface area contributed by atoms with E-state index in [0.29, 0.717) is 18.3 Å². The maximum Gasteiger partial charge on any atom is 0.317 e. The van der Waals surface area contributed by atoms with Gasteiger partial charge in [-0.3, -0.25) is 9.69 Å². The third-order valence-electron chi connectivity index (χ3n) is 1.38. The van der Waals surface area contributed by atoms with Gasteiger partial charge in [-0.2, -0.15) is 0 Å². The van der Waals surface area contributed by atoms with Gasteiger partial charge in [-0.05, 0) is 7.05 Å². The highest BCUT2D eigenvalue weighted by Gasteiger charge is 2.08. The van der Waals surface area contributed by atoms with Crippen LogP contribution in [0.4, 0.5) is 0 Å². The number of nitrogens with zero attached hydrogens (tertiary/aromatic N) is 3. The number of likely N-dealkylation sites (N-methyl/N-ethyl adjacent to an activating group) is 1. The first-order valence-electron chi connectivity index (χ1n) is 3.77. The highest BCUT2D eigenvalue weighted by Crippen LogP contribution is 2.00. The van der Waals surface area contributed by atoms with Gasteiger partial charge in [0.05, 0.1) is 13.1 Å². The zero-order valence-electron chi connectivity index (χ0n) is 7.52. The van der Waals surface area contributed by atoms with E-state index in [9.17, 15) is 4.79 Å². The van der Waals surface area contributed by atoms with E-state index < -0.39 is 5.97 Å². The number of aryl methyl sites for hydroxylation is 1. The summed E-state index contributed by atoms with van der Waals surface area (Å²) in [6, 6.07) is 0. The summed E-state index contributed by atoms with van der Waals surface area (Å²) in [7, 11) is 1.67. The minimum atomic E-state index is -0.876. The van der Waals surface area contributed by atoms with Crippen molar-refractivity contribution < 1.29 is 14.3 Å². The molecule has 1 aromatic heterocycles. The third-order valence-corrected chi connectivity index (χ3v) is 1.38. The lowest BCUT2D eigenvalue weighted by molar-refractivity contribution is -0.138. The van der Waals surface area contributed by atoms with Crippen LogP contribution in [-0.4, -0.2) is 39.8 Å². The molecule has 0 aliphatic carbocycles. The Balaban J connectivity index is 2.44. The topological polar surface area (TPSA) is 79.5 Å². The molecule has 13 heavy (non-hydrogen) atoms. The lowest BCUT2D eigenvalue weighted by Gasteiger charge is -2.09. The number of rotatable bonds is 4. The lowest BCUT2D eigenvalue weighted by atomic mass is 10.5. The molecule has 0 spiro atoms. The Bertz CT molecular complexity index is 297. The number of carboxylic acid groups (broad SMARTS) is 1.